The highest BCUT2D eigenvalue weighted by Crippen LogP contribution is 2.39. The van der Waals surface area contributed by atoms with Gasteiger partial charge in [-0.15, -0.1) is 0 Å². The van der Waals surface area contributed by atoms with Crippen molar-refractivity contribution in [3.05, 3.63) is 114 Å². The zero-order valence-corrected chi connectivity index (χ0v) is 16.2. The number of aromatic nitrogens is 2. The summed E-state index contributed by atoms with van der Waals surface area (Å²) in [6.45, 7) is 0. The second-order valence-corrected chi connectivity index (χ2v) is 7.35. The Morgan fingerprint density at radius 3 is 1.83 bits per heavy atom. The third kappa shape index (κ3) is 3.18. The van der Waals surface area contributed by atoms with Crippen LogP contribution in [-0.2, 0) is 4.79 Å². The lowest BCUT2D eigenvalue weighted by atomic mass is 9.84. The highest BCUT2D eigenvalue weighted by molar-refractivity contribution is 5.89. The third-order valence-corrected chi connectivity index (χ3v) is 5.55. The molecule has 0 unspecified atom stereocenters. The van der Waals surface area contributed by atoms with Crippen LogP contribution in [0.1, 0.15) is 28.2 Å². The van der Waals surface area contributed by atoms with E-state index < -0.39 is 5.97 Å². The van der Waals surface area contributed by atoms with Gasteiger partial charge in [-0.3, -0.25) is 0 Å². The van der Waals surface area contributed by atoms with E-state index in [1.54, 1.807) is 6.08 Å². The van der Waals surface area contributed by atoms with Gasteiger partial charge >= 0.3 is 5.97 Å². The number of carboxylic acids is 1. The molecule has 5 aromatic rings. The number of H-pyrrole nitrogens is 2. The molecular weight excluding hydrogens is 372 g/mol. The number of rotatable bonds is 5. The van der Waals surface area contributed by atoms with E-state index in [9.17, 15) is 4.79 Å². The monoisotopic (exact) mass is 392 g/mol. The third-order valence-electron chi connectivity index (χ3n) is 5.55. The van der Waals surface area contributed by atoms with E-state index in [1.807, 2.05) is 24.3 Å². The van der Waals surface area contributed by atoms with Crippen LogP contribution in [0.5, 0.6) is 0 Å². The number of aliphatic carboxylic acids is 1. The number of fused-ring (bicyclic) bond motifs is 2. The van der Waals surface area contributed by atoms with E-state index in [4.69, 9.17) is 5.11 Å². The molecule has 0 aliphatic carbocycles. The molecule has 2 aromatic heterocycles. The van der Waals surface area contributed by atoms with Crippen LogP contribution in [0.15, 0.2) is 91.3 Å². The van der Waals surface area contributed by atoms with Gasteiger partial charge in [0.05, 0.1) is 0 Å². The van der Waals surface area contributed by atoms with Crippen LogP contribution in [0.2, 0.25) is 0 Å². The first-order chi connectivity index (χ1) is 14.7. The molecular formula is C26H20N2O2. The Morgan fingerprint density at radius 2 is 1.30 bits per heavy atom. The van der Waals surface area contributed by atoms with Gasteiger partial charge in [0.1, 0.15) is 0 Å². The first kappa shape index (κ1) is 18.0. The maximum Gasteiger partial charge on any atom is 0.328 e. The van der Waals surface area contributed by atoms with E-state index in [-0.39, 0.29) is 5.92 Å². The molecule has 146 valence electrons. The molecule has 30 heavy (non-hydrogen) atoms. The van der Waals surface area contributed by atoms with Crippen molar-refractivity contribution in [3.63, 3.8) is 0 Å². The first-order valence-electron chi connectivity index (χ1n) is 9.84. The maximum absolute atomic E-state index is 10.8. The molecule has 0 aliphatic heterocycles. The van der Waals surface area contributed by atoms with Crippen molar-refractivity contribution in [2.75, 3.05) is 0 Å². The summed E-state index contributed by atoms with van der Waals surface area (Å²) in [4.78, 5) is 17.6. The summed E-state index contributed by atoms with van der Waals surface area (Å²) >= 11 is 0. The predicted molar refractivity (Wildman–Crippen MR) is 121 cm³/mol. The smallest absolute Gasteiger partial charge is 0.328 e. The Bertz CT molecular complexity index is 1300. The van der Waals surface area contributed by atoms with Crippen molar-refractivity contribution in [2.45, 2.75) is 5.92 Å². The molecule has 0 amide bonds. The van der Waals surface area contributed by atoms with Crippen LogP contribution in [0.3, 0.4) is 0 Å². The molecule has 3 aromatic carbocycles. The molecule has 0 saturated heterocycles. The van der Waals surface area contributed by atoms with Gasteiger partial charge in [-0.2, -0.15) is 0 Å². The Kier molecular flexibility index (Phi) is 4.45. The van der Waals surface area contributed by atoms with Crippen molar-refractivity contribution in [3.8, 4) is 0 Å². The van der Waals surface area contributed by atoms with Crippen LogP contribution in [0.25, 0.3) is 27.9 Å². The van der Waals surface area contributed by atoms with Gasteiger partial charge in [-0.25, -0.2) is 4.79 Å². The van der Waals surface area contributed by atoms with Gasteiger partial charge in [0, 0.05) is 46.2 Å². The molecule has 0 aliphatic rings. The molecule has 0 atom stereocenters. The minimum absolute atomic E-state index is 0.0369. The average Bonchev–Trinajstić information content (AvgIpc) is 3.39. The van der Waals surface area contributed by atoms with E-state index in [0.717, 1.165) is 28.2 Å². The van der Waals surface area contributed by atoms with Crippen LogP contribution >= 0.6 is 0 Å². The van der Waals surface area contributed by atoms with Crippen molar-refractivity contribution < 1.29 is 9.90 Å². The molecule has 0 saturated carbocycles. The van der Waals surface area contributed by atoms with E-state index in [2.05, 4.69) is 70.9 Å². The number of carboxylic acid groups (broad SMARTS) is 1. The molecule has 5 rings (SSSR count). The Balaban J connectivity index is 1.68. The fourth-order valence-corrected chi connectivity index (χ4v) is 4.16. The number of aromatic amines is 2. The lowest BCUT2D eigenvalue weighted by Gasteiger charge is -2.18. The van der Waals surface area contributed by atoms with Gasteiger partial charge in [-0.05, 0) is 40.5 Å². The fourth-order valence-electron chi connectivity index (χ4n) is 4.16. The highest BCUT2D eigenvalue weighted by Gasteiger charge is 2.23. The average molecular weight is 392 g/mol. The molecule has 4 nitrogen and oxygen atoms in total. The van der Waals surface area contributed by atoms with E-state index in [1.165, 1.54) is 21.9 Å². The van der Waals surface area contributed by atoms with Crippen LogP contribution < -0.4 is 0 Å². The molecule has 3 N–H and O–H groups in total. The second-order valence-electron chi connectivity index (χ2n) is 7.35. The summed E-state index contributed by atoms with van der Waals surface area (Å²) in [7, 11) is 0. The van der Waals surface area contributed by atoms with Crippen molar-refractivity contribution in [2.24, 2.45) is 0 Å². The summed E-state index contributed by atoms with van der Waals surface area (Å²) in [6.07, 6.45) is 6.95. The molecule has 0 bridgehead atoms. The Hall–Kier alpha value is -4.05. The lowest BCUT2D eigenvalue weighted by molar-refractivity contribution is -0.131. The second kappa shape index (κ2) is 7.41. The van der Waals surface area contributed by atoms with Gasteiger partial charge in [0.15, 0.2) is 0 Å². The van der Waals surface area contributed by atoms with Gasteiger partial charge in [0.2, 0.25) is 0 Å². The van der Waals surface area contributed by atoms with Gasteiger partial charge in [-0.1, -0.05) is 60.7 Å². The zero-order valence-electron chi connectivity index (χ0n) is 16.2. The Labute approximate surface area is 173 Å². The number of nitrogens with one attached hydrogen (secondary N) is 2. The number of carbonyl (C=O) groups is 1. The SMILES string of the molecule is O=C(O)/C=C/c1ccc(C(c2c[nH]c3ccccc23)c2c[nH]c3ccccc23)cc1. The standard InChI is InChI=1S/C26H20N2O2/c29-25(30)14-11-17-9-12-18(13-10-17)26(21-15-27-23-7-3-1-5-19(21)23)22-16-28-24-8-4-2-6-20(22)24/h1-16,26-28H,(H,29,30)/b14-11+. The van der Waals surface area contributed by atoms with Crippen LogP contribution in [0.4, 0.5) is 0 Å². The van der Waals surface area contributed by atoms with Crippen molar-refractivity contribution >= 4 is 33.9 Å². The number of hydrogen-bond donors (Lipinski definition) is 3. The maximum atomic E-state index is 10.8. The molecule has 0 fully saturated rings. The van der Waals surface area contributed by atoms with E-state index in [0.29, 0.717) is 0 Å². The summed E-state index contributed by atoms with van der Waals surface area (Å²) in [5.41, 5.74) is 6.65. The number of para-hydroxylation sites is 2. The molecule has 4 heteroatoms. The molecule has 0 radical (unpaired) electrons. The summed E-state index contributed by atoms with van der Waals surface area (Å²) < 4.78 is 0. The summed E-state index contributed by atoms with van der Waals surface area (Å²) in [5.74, 6) is -0.913. The summed E-state index contributed by atoms with van der Waals surface area (Å²) in [5, 5.41) is 11.3. The Morgan fingerprint density at radius 1 is 0.767 bits per heavy atom. The van der Waals surface area contributed by atoms with Crippen molar-refractivity contribution in [1.82, 2.24) is 9.97 Å². The largest absolute Gasteiger partial charge is 0.478 e. The van der Waals surface area contributed by atoms with Gasteiger partial charge in [0.25, 0.3) is 0 Å². The quantitative estimate of drug-likeness (QED) is 0.325. The lowest BCUT2D eigenvalue weighted by Crippen LogP contribution is -2.02. The fraction of sp³-hybridized carbons (Fsp3) is 0.0385. The highest BCUT2D eigenvalue weighted by atomic mass is 16.4. The topological polar surface area (TPSA) is 68.9 Å². The first-order valence-corrected chi connectivity index (χ1v) is 9.84. The van der Waals surface area contributed by atoms with Gasteiger partial charge < -0.3 is 15.1 Å². The van der Waals surface area contributed by atoms with Crippen LogP contribution in [0, 0.1) is 0 Å². The number of hydrogen-bond acceptors (Lipinski definition) is 1. The normalized spacial score (nSPS) is 11.8. The summed E-state index contributed by atoms with van der Waals surface area (Å²) in [6, 6.07) is 24.7. The zero-order chi connectivity index (χ0) is 20.5. The minimum Gasteiger partial charge on any atom is -0.478 e. The minimum atomic E-state index is -0.950. The van der Waals surface area contributed by atoms with Crippen molar-refractivity contribution in [1.29, 1.82) is 0 Å². The molecule has 0 spiro atoms. The predicted octanol–water partition coefficient (Wildman–Crippen LogP) is 5.93. The molecule has 2 heterocycles. The number of benzene rings is 3. The van der Waals surface area contributed by atoms with Crippen LogP contribution in [-0.4, -0.2) is 21.0 Å². The van der Waals surface area contributed by atoms with E-state index >= 15 is 0 Å².